The molecule has 0 saturated heterocycles. The van der Waals surface area contributed by atoms with Gasteiger partial charge < -0.3 is 19.9 Å². The van der Waals surface area contributed by atoms with Crippen molar-refractivity contribution in [2.75, 3.05) is 32.9 Å². The van der Waals surface area contributed by atoms with E-state index in [4.69, 9.17) is 14.6 Å². The molecule has 98 valence electrons. The van der Waals surface area contributed by atoms with Gasteiger partial charge in [-0.15, -0.1) is 0 Å². The van der Waals surface area contributed by atoms with Gasteiger partial charge >= 0.3 is 0 Å². The molecule has 1 heterocycles. The highest BCUT2D eigenvalue weighted by molar-refractivity contribution is 5.98. The van der Waals surface area contributed by atoms with Crippen LogP contribution in [0.25, 0.3) is 0 Å². The number of hydrogen-bond donors (Lipinski definition) is 2. The van der Waals surface area contributed by atoms with Crippen LogP contribution in [0.3, 0.4) is 0 Å². The molecule has 5 heteroatoms. The summed E-state index contributed by atoms with van der Waals surface area (Å²) in [7, 11) is 0. The Morgan fingerprint density at radius 3 is 2.83 bits per heavy atom. The summed E-state index contributed by atoms with van der Waals surface area (Å²) >= 11 is 0. The fraction of sp³-hybridized carbons (Fsp3) is 0.462. The van der Waals surface area contributed by atoms with Crippen LogP contribution in [0.2, 0.25) is 0 Å². The number of aliphatic hydroxyl groups excluding tert-OH is 1. The standard InChI is InChI=1S/C13H17NO4/c15-5-1-4-14-9-11(16)10-2-3-12-13(8-10)18-7-6-17-12/h2-3,8,14-15H,1,4-7,9H2. The molecule has 0 bridgehead atoms. The van der Waals surface area contributed by atoms with Crippen LogP contribution in [0.15, 0.2) is 18.2 Å². The molecular formula is C13H17NO4. The Kier molecular flexibility index (Phi) is 4.55. The lowest BCUT2D eigenvalue weighted by molar-refractivity contribution is 0.0989. The average Bonchev–Trinajstić information content (AvgIpc) is 2.43. The van der Waals surface area contributed by atoms with Crippen molar-refractivity contribution in [3.05, 3.63) is 23.8 Å². The van der Waals surface area contributed by atoms with Gasteiger partial charge in [-0.1, -0.05) is 0 Å². The normalized spacial score (nSPS) is 13.4. The number of nitrogens with one attached hydrogen (secondary N) is 1. The molecule has 0 radical (unpaired) electrons. The minimum absolute atomic E-state index is 0.00455. The lowest BCUT2D eigenvalue weighted by Crippen LogP contribution is -2.24. The third-order valence-electron chi connectivity index (χ3n) is 2.66. The van der Waals surface area contributed by atoms with Gasteiger partial charge in [0.05, 0.1) is 6.54 Å². The molecule has 0 saturated carbocycles. The van der Waals surface area contributed by atoms with Crippen LogP contribution in [0, 0.1) is 0 Å². The summed E-state index contributed by atoms with van der Waals surface area (Å²) in [5.41, 5.74) is 0.607. The Morgan fingerprint density at radius 1 is 1.28 bits per heavy atom. The third-order valence-corrected chi connectivity index (χ3v) is 2.66. The number of hydrogen-bond acceptors (Lipinski definition) is 5. The largest absolute Gasteiger partial charge is 0.486 e. The minimum atomic E-state index is 0.00455. The quantitative estimate of drug-likeness (QED) is 0.573. The van der Waals surface area contributed by atoms with Crippen LogP contribution in [0.1, 0.15) is 16.8 Å². The summed E-state index contributed by atoms with van der Waals surface area (Å²) in [5.74, 6) is 1.32. The van der Waals surface area contributed by atoms with Crippen LogP contribution in [0.4, 0.5) is 0 Å². The number of ketones is 1. The van der Waals surface area contributed by atoms with Crippen LogP contribution in [-0.2, 0) is 0 Å². The zero-order valence-electron chi connectivity index (χ0n) is 10.1. The smallest absolute Gasteiger partial charge is 0.176 e. The van der Waals surface area contributed by atoms with Gasteiger partial charge in [0.25, 0.3) is 0 Å². The van der Waals surface area contributed by atoms with Gasteiger partial charge in [0.2, 0.25) is 0 Å². The minimum Gasteiger partial charge on any atom is -0.486 e. The molecule has 2 N–H and O–H groups in total. The Morgan fingerprint density at radius 2 is 2.06 bits per heavy atom. The number of benzene rings is 1. The Bertz CT molecular complexity index is 419. The maximum Gasteiger partial charge on any atom is 0.176 e. The number of aliphatic hydroxyl groups is 1. The predicted molar refractivity (Wildman–Crippen MR) is 66.3 cm³/mol. The molecule has 0 atom stereocenters. The summed E-state index contributed by atoms with van der Waals surface area (Å²) in [6.07, 6.45) is 0.647. The van der Waals surface area contributed by atoms with E-state index >= 15 is 0 Å². The zero-order chi connectivity index (χ0) is 12.8. The molecule has 0 unspecified atom stereocenters. The SMILES string of the molecule is O=C(CNCCCO)c1ccc2c(c1)OCCO2. The van der Waals surface area contributed by atoms with E-state index in [1.54, 1.807) is 18.2 Å². The molecule has 0 aromatic heterocycles. The fourth-order valence-electron chi connectivity index (χ4n) is 1.72. The molecule has 2 rings (SSSR count). The second-order valence-electron chi connectivity index (χ2n) is 4.04. The van der Waals surface area contributed by atoms with E-state index in [1.807, 2.05) is 0 Å². The highest BCUT2D eigenvalue weighted by Gasteiger charge is 2.14. The second-order valence-corrected chi connectivity index (χ2v) is 4.04. The van der Waals surface area contributed by atoms with E-state index in [2.05, 4.69) is 5.32 Å². The van der Waals surface area contributed by atoms with Crippen molar-refractivity contribution in [3.63, 3.8) is 0 Å². The van der Waals surface area contributed by atoms with Gasteiger partial charge in [-0.3, -0.25) is 4.79 Å². The summed E-state index contributed by atoms with van der Waals surface area (Å²) < 4.78 is 10.8. The molecule has 1 aromatic carbocycles. The summed E-state index contributed by atoms with van der Waals surface area (Å²) in [6.45, 7) is 2.08. The number of carbonyl (C=O) groups is 1. The predicted octanol–water partition coefficient (Wildman–Crippen LogP) is 0.612. The highest BCUT2D eigenvalue weighted by Crippen LogP contribution is 2.30. The molecule has 0 fully saturated rings. The Labute approximate surface area is 106 Å². The Hall–Kier alpha value is -1.59. The molecule has 1 aliphatic rings. The van der Waals surface area contributed by atoms with Crippen LogP contribution >= 0.6 is 0 Å². The first-order valence-electron chi connectivity index (χ1n) is 6.05. The lowest BCUT2D eigenvalue weighted by atomic mass is 10.1. The maximum atomic E-state index is 11.9. The van der Waals surface area contributed by atoms with E-state index in [1.165, 1.54) is 0 Å². The van der Waals surface area contributed by atoms with Gasteiger partial charge in [-0.25, -0.2) is 0 Å². The van der Waals surface area contributed by atoms with Crippen molar-refractivity contribution in [2.45, 2.75) is 6.42 Å². The van der Waals surface area contributed by atoms with Gasteiger partial charge in [-0.2, -0.15) is 0 Å². The van der Waals surface area contributed by atoms with Gasteiger partial charge in [0.1, 0.15) is 13.2 Å². The molecule has 0 amide bonds. The lowest BCUT2D eigenvalue weighted by Gasteiger charge is -2.18. The van der Waals surface area contributed by atoms with Gasteiger partial charge in [0, 0.05) is 12.2 Å². The van der Waals surface area contributed by atoms with Crippen molar-refractivity contribution in [3.8, 4) is 11.5 Å². The first-order chi connectivity index (χ1) is 8.81. The monoisotopic (exact) mass is 251 g/mol. The molecular weight excluding hydrogens is 234 g/mol. The van der Waals surface area contributed by atoms with Crippen molar-refractivity contribution in [2.24, 2.45) is 0 Å². The topological polar surface area (TPSA) is 67.8 Å². The van der Waals surface area contributed by atoms with Crippen LogP contribution in [0.5, 0.6) is 11.5 Å². The number of fused-ring (bicyclic) bond motifs is 1. The van der Waals surface area contributed by atoms with Crippen LogP contribution in [-0.4, -0.2) is 43.8 Å². The zero-order valence-corrected chi connectivity index (χ0v) is 10.1. The summed E-state index contributed by atoms with van der Waals surface area (Å²) in [6, 6.07) is 5.21. The van der Waals surface area contributed by atoms with Crippen molar-refractivity contribution < 1.29 is 19.4 Å². The van der Waals surface area contributed by atoms with E-state index in [0.29, 0.717) is 43.2 Å². The number of Topliss-reactive ketones (excluding diaryl/α,β-unsaturated/α-hetero) is 1. The molecule has 1 aliphatic heterocycles. The van der Waals surface area contributed by atoms with Crippen molar-refractivity contribution >= 4 is 5.78 Å². The van der Waals surface area contributed by atoms with E-state index in [0.717, 1.165) is 0 Å². The first kappa shape index (κ1) is 12.9. The molecule has 0 spiro atoms. The van der Waals surface area contributed by atoms with Crippen molar-refractivity contribution in [1.82, 2.24) is 5.32 Å². The molecule has 0 aliphatic carbocycles. The van der Waals surface area contributed by atoms with Gasteiger partial charge in [0.15, 0.2) is 17.3 Å². The maximum absolute atomic E-state index is 11.9. The molecule has 5 nitrogen and oxygen atoms in total. The number of carbonyl (C=O) groups excluding carboxylic acids is 1. The Balaban J connectivity index is 1.94. The van der Waals surface area contributed by atoms with E-state index in [9.17, 15) is 4.79 Å². The van der Waals surface area contributed by atoms with E-state index in [-0.39, 0.29) is 18.9 Å². The number of rotatable bonds is 6. The third kappa shape index (κ3) is 3.21. The second kappa shape index (κ2) is 6.37. The van der Waals surface area contributed by atoms with Gasteiger partial charge in [-0.05, 0) is 31.2 Å². The fourth-order valence-corrected chi connectivity index (χ4v) is 1.72. The molecule has 18 heavy (non-hydrogen) atoms. The summed E-state index contributed by atoms with van der Waals surface area (Å²) in [5, 5.41) is 11.6. The number of ether oxygens (including phenoxy) is 2. The van der Waals surface area contributed by atoms with E-state index < -0.39 is 0 Å². The average molecular weight is 251 g/mol. The highest BCUT2D eigenvalue weighted by atomic mass is 16.6. The summed E-state index contributed by atoms with van der Waals surface area (Å²) in [4.78, 5) is 11.9. The van der Waals surface area contributed by atoms with Crippen LogP contribution < -0.4 is 14.8 Å². The molecule has 1 aromatic rings. The first-order valence-corrected chi connectivity index (χ1v) is 6.05. The van der Waals surface area contributed by atoms with Crippen molar-refractivity contribution in [1.29, 1.82) is 0 Å².